The first-order valence-corrected chi connectivity index (χ1v) is 5.33. The molecule has 1 heterocycles. The van der Waals surface area contributed by atoms with Crippen LogP contribution in [0.1, 0.15) is 6.92 Å². The molecule has 0 spiro atoms. The molecule has 0 fully saturated rings. The molecule has 0 aliphatic rings. The number of anilines is 1. The van der Waals surface area contributed by atoms with Gasteiger partial charge in [0.25, 0.3) is 0 Å². The van der Waals surface area contributed by atoms with Gasteiger partial charge in [0.05, 0.1) is 0 Å². The van der Waals surface area contributed by atoms with E-state index in [0.29, 0.717) is 5.13 Å². The molecule has 0 radical (unpaired) electrons. The Morgan fingerprint density at radius 1 is 1.82 bits per heavy atom. The van der Waals surface area contributed by atoms with Gasteiger partial charge in [-0.2, -0.15) is 0 Å². The Bertz CT molecular complexity index is 302. The number of hydrogen-bond donors (Lipinski definition) is 2. The highest BCUT2D eigenvalue weighted by molar-refractivity contribution is 7.93. The van der Waals surface area contributed by atoms with E-state index in [-0.39, 0.29) is 5.75 Å². The predicted octanol–water partition coefficient (Wildman–Crippen LogP) is 0.327. The second-order valence-electron chi connectivity index (χ2n) is 1.73. The van der Waals surface area contributed by atoms with Crippen LogP contribution in [0.2, 0.25) is 0 Å². The number of aromatic nitrogens is 3. The Kier molecular flexibility index (Phi) is 2.35. The highest BCUT2D eigenvalue weighted by Crippen LogP contribution is 2.07. The van der Waals surface area contributed by atoms with E-state index < -0.39 is 9.92 Å². The molecule has 0 aliphatic carbocycles. The minimum Gasteiger partial charge on any atom is -0.272 e. The van der Waals surface area contributed by atoms with Gasteiger partial charge in [-0.15, -0.1) is 0 Å². The minimum absolute atomic E-state index is 0.243. The average Bonchev–Trinajstić information content (AvgIpc) is 2.39. The highest BCUT2D eigenvalue weighted by atomic mass is 32.2. The summed E-state index contributed by atoms with van der Waals surface area (Å²) in [6.07, 6.45) is 0. The molecule has 6 nitrogen and oxygen atoms in total. The predicted molar refractivity (Wildman–Crippen MR) is 42.7 cm³/mol. The van der Waals surface area contributed by atoms with E-state index in [0.717, 1.165) is 11.5 Å². The summed E-state index contributed by atoms with van der Waals surface area (Å²) in [7, 11) is -2.72. The van der Waals surface area contributed by atoms with Crippen LogP contribution in [0.25, 0.3) is 0 Å². The molecule has 11 heavy (non-hydrogen) atoms. The molecule has 1 aromatic heterocycles. The van der Waals surface area contributed by atoms with Gasteiger partial charge in [-0.3, -0.25) is 4.72 Å². The van der Waals surface area contributed by atoms with Crippen LogP contribution in [0.4, 0.5) is 5.13 Å². The summed E-state index contributed by atoms with van der Waals surface area (Å²) in [4.78, 5) is 0. The third kappa shape index (κ3) is 2.39. The SMILES string of the molecule is CCS(=N)(=O)Nc1nnns1. The maximum absolute atomic E-state index is 11.1. The van der Waals surface area contributed by atoms with E-state index in [1.807, 2.05) is 0 Å². The van der Waals surface area contributed by atoms with Gasteiger partial charge in [-0.1, -0.05) is 16.5 Å². The Morgan fingerprint density at radius 3 is 3.00 bits per heavy atom. The van der Waals surface area contributed by atoms with Crippen LogP contribution < -0.4 is 4.72 Å². The van der Waals surface area contributed by atoms with Gasteiger partial charge in [-0.05, 0) is 5.21 Å². The third-order valence-corrected chi connectivity index (χ3v) is 2.93. The highest BCUT2D eigenvalue weighted by Gasteiger charge is 2.04. The standard InChI is InChI=1S/C3H7N5OS2/c1-2-11(4,9)6-3-5-7-8-10-3/h2H2,1H3,(H2,4,5,6,8,9). The van der Waals surface area contributed by atoms with E-state index >= 15 is 0 Å². The fourth-order valence-corrected chi connectivity index (χ4v) is 1.63. The summed E-state index contributed by atoms with van der Waals surface area (Å²) in [5.41, 5.74) is 0. The molecule has 0 saturated carbocycles. The zero-order valence-corrected chi connectivity index (χ0v) is 7.41. The molecule has 0 aromatic carbocycles. The van der Waals surface area contributed by atoms with E-state index in [9.17, 15) is 4.21 Å². The monoisotopic (exact) mass is 193 g/mol. The quantitative estimate of drug-likeness (QED) is 0.723. The molecule has 1 rings (SSSR count). The lowest BCUT2D eigenvalue weighted by Crippen LogP contribution is -2.12. The van der Waals surface area contributed by atoms with Gasteiger partial charge in [0, 0.05) is 17.3 Å². The van der Waals surface area contributed by atoms with Gasteiger partial charge in [0.1, 0.15) is 9.92 Å². The maximum atomic E-state index is 11.1. The normalized spacial score (nSPS) is 15.7. The largest absolute Gasteiger partial charge is 0.272 e. The van der Waals surface area contributed by atoms with Crippen molar-refractivity contribution in [2.24, 2.45) is 0 Å². The molecule has 0 amide bonds. The van der Waals surface area contributed by atoms with Crippen molar-refractivity contribution in [2.45, 2.75) is 6.92 Å². The lowest BCUT2D eigenvalue weighted by molar-refractivity contribution is 0.679. The van der Waals surface area contributed by atoms with Gasteiger partial charge in [0.2, 0.25) is 5.13 Å². The van der Waals surface area contributed by atoms with Crippen LogP contribution >= 0.6 is 11.5 Å². The van der Waals surface area contributed by atoms with Crippen molar-refractivity contribution in [3.8, 4) is 0 Å². The average molecular weight is 193 g/mol. The van der Waals surface area contributed by atoms with E-state index in [1.54, 1.807) is 6.92 Å². The van der Waals surface area contributed by atoms with Gasteiger partial charge in [-0.25, -0.2) is 8.99 Å². The minimum atomic E-state index is -2.72. The molecular weight excluding hydrogens is 186 g/mol. The topological polar surface area (TPSA) is 91.6 Å². The summed E-state index contributed by atoms with van der Waals surface area (Å²) < 4.78 is 24.1. The van der Waals surface area contributed by atoms with E-state index in [1.165, 1.54) is 0 Å². The van der Waals surface area contributed by atoms with Crippen LogP contribution in [0, 0.1) is 4.78 Å². The molecule has 1 unspecified atom stereocenters. The first-order chi connectivity index (χ1) is 5.14. The van der Waals surface area contributed by atoms with Gasteiger partial charge < -0.3 is 0 Å². The zero-order valence-electron chi connectivity index (χ0n) is 5.77. The number of nitrogens with one attached hydrogen (secondary N) is 2. The molecular formula is C3H7N5OS2. The van der Waals surface area contributed by atoms with E-state index in [4.69, 9.17) is 4.78 Å². The lowest BCUT2D eigenvalue weighted by atomic mass is 11.0. The van der Waals surface area contributed by atoms with Crippen molar-refractivity contribution < 1.29 is 4.21 Å². The smallest absolute Gasteiger partial charge is 0.237 e. The van der Waals surface area contributed by atoms with Crippen LogP contribution in [0.3, 0.4) is 0 Å². The Balaban J connectivity index is 2.72. The zero-order chi connectivity index (χ0) is 8.32. The summed E-state index contributed by atoms with van der Waals surface area (Å²) in [6, 6.07) is 0. The van der Waals surface area contributed by atoms with Crippen molar-refractivity contribution in [1.82, 2.24) is 14.8 Å². The van der Waals surface area contributed by atoms with Crippen molar-refractivity contribution in [3.63, 3.8) is 0 Å². The molecule has 2 N–H and O–H groups in total. The molecule has 62 valence electrons. The lowest BCUT2D eigenvalue weighted by Gasteiger charge is -2.01. The van der Waals surface area contributed by atoms with Crippen LogP contribution in [0.15, 0.2) is 0 Å². The van der Waals surface area contributed by atoms with Crippen LogP contribution in [-0.4, -0.2) is 24.8 Å². The summed E-state index contributed by atoms with van der Waals surface area (Å²) >= 11 is 0.983. The first-order valence-electron chi connectivity index (χ1n) is 2.83. The molecule has 0 bridgehead atoms. The van der Waals surface area contributed by atoms with Crippen molar-refractivity contribution in [1.29, 1.82) is 4.78 Å². The fraction of sp³-hybridized carbons (Fsp3) is 0.667. The molecule has 0 aliphatic heterocycles. The number of nitrogens with zero attached hydrogens (tertiary/aromatic N) is 3. The third-order valence-electron chi connectivity index (χ3n) is 0.958. The summed E-state index contributed by atoms with van der Waals surface area (Å²) in [6.45, 7) is 1.66. The number of hydrogen-bond acceptors (Lipinski definition) is 6. The van der Waals surface area contributed by atoms with E-state index in [2.05, 4.69) is 19.5 Å². The second kappa shape index (κ2) is 3.09. The molecule has 1 aromatic rings. The molecule has 0 saturated heterocycles. The molecule has 8 heteroatoms. The van der Waals surface area contributed by atoms with Crippen molar-refractivity contribution in [3.05, 3.63) is 0 Å². The second-order valence-corrected chi connectivity index (χ2v) is 4.60. The Morgan fingerprint density at radius 2 is 2.55 bits per heavy atom. The van der Waals surface area contributed by atoms with Crippen molar-refractivity contribution in [2.75, 3.05) is 10.5 Å². The summed E-state index contributed by atoms with van der Waals surface area (Å²) in [5.74, 6) is 0.243. The number of rotatable bonds is 3. The first kappa shape index (κ1) is 8.34. The fourth-order valence-electron chi connectivity index (χ4n) is 0.386. The van der Waals surface area contributed by atoms with Gasteiger partial charge in [0.15, 0.2) is 0 Å². The van der Waals surface area contributed by atoms with Crippen LogP contribution in [0.5, 0.6) is 0 Å². The van der Waals surface area contributed by atoms with Crippen molar-refractivity contribution >= 4 is 26.6 Å². The Labute approximate surface area is 68.3 Å². The van der Waals surface area contributed by atoms with Gasteiger partial charge >= 0.3 is 0 Å². The van der Waals surface area contributed by atoms with Crippen LogP contribution in [-0.2, 0) is 9.92 Å². The summed E-state index contributed by atoms with van der Waals surface area (Å²) in [5, 5.41) is 7.11. The molecule has 1 atom stereocenters. The maximum Gasteiger partial charge on any atom is 0.237 e. The Hall–Kier alpha value is -0.760.